The van der Waals surface area contributed by atoms with Crippen molar-refractivity contribution in [2.24, 2.45) is 17.8 Å². The second kappa shape index (κ2) is 5.17. The Balaban J connectivity index is 1.31. The van der Waals surface area contributed by atoms with Gasteiger partial charge in [0.25, 0.3) is 0 Å². The number of halogens is 1. The van der Waals surface area contributed by atoms with Gasteiger partial charge >= 0.3 is 0 Å². The minimum Gasteiger partial charge on any atom is -0.352 e. The van der Waals surface area contributed by atoms with Crippen molar-refractivity contribution in [1.82, 2.24) is 9.88 Å². The standard InChI is InChI=1S/C19H26FN3/c20-17-2-1-3-21-18(17)22-4-6-23(7-5-22)19-11-14-8-15(12-19)10-16(9-14)13-19/h1-3,14-16H,4-13H2. The Hall–Kier alpha value is -1.16. The Bertz CT molecular complexity index is 559. The highest BCUT2D eigenvalue weighted by Gasteiger charge is 2.53. The molecule has 4 saturated carbocycles. The summed E-state index contributed by atoms with van der Waals surface area (Å²) in [5, 5.41) is 0. The molecule has 0 N–H and O–H groups in total. The molecule has 4 aliphatic carbocycles. The summed E-state index contributed by atoms with van der Waals surface area (Å²) >= 11 is 0. The van der Waals surface area contributed by atoms with Crippen molar-refractivity contribution < 1.29 is 4.39 Å². The van der Waals surface area contributed by atoms with Crippen LogP contribution in [-0.2, 0) is 0 Å². The fourth-order valence-corrected chi connectivity index (χ4v) is 6.45. The third-order valence-corrected chi connectivity index (χ3v) is 6.99. The van der Waals surface area contributed by atoms with E-state index in [1.807, 2.05) is 0 Å². The molecule has 3 nitrogen and oxygen atoms in total. The molecular formula is C19H26FN3. The number of hydrogen-bond donors (Lipinski definition) is 0. The summed E-state index contributed by atoms with van der Waals surface area (Å²) in [5.74, 6) is 3.33. The molecule has 5 aliphatic rings. The Morgan fingerprint density at radius 1 is 0.957 bits per heavy atom. The summed E-state index contributed by atoms with van der Waals surface area (Å²) in [6.07, 6.45) is 10.5. The number of aromatic nitrogens is 1. The maximum absolute atomic E-state index is 14.0. The lowest BCUT2D eigenvalue weighted by atomic mass is 9.52. The highest BCUT2D eigenvalue weighted by molar-refractivity contribution is 5.40. The van der Waals surface area contributed by atoms with Crippen LogP contribution in [0.15, 0.2) is 18.3 Å². The van der Waals surface area contributed by atoms with Crippen LogP contribution in [0.1, 0.15) is 38.5 Å². The van der Waals surface area contributed by atoms with Gasteiger partial charge in [-0.3, -0.25) is 4.90 Å². The van der Waals surface area contributed by atoms with E-state index < -0.39 is 0 Å². The molecule has 0 amide bonds. The largest absolute Gasteiger partial charge is 0.352 e. The first-order valence-electron chi connectivity index (χ1n) is 9.32. The van der Waals surface area contributed by atoms with Gasteiger partial charge in [-0.25, -0.2) is 9.37 Å². The van der Waals surface area contributed by atoms with E-state index in [-0.39, 0.29) is 5.82 Å². The van der Waals surface area contributed by atoms with E-state index in [2.05, 4.69) is 14.8 Å². The van der Waals surface area contributed by atoms with E-state index in [4.69, 9.17) is 0 Å². The molecule has 1 aromatic heterocycles. The predicted octanol–water partition coefficient (Wildman–Crippen LogP) is 3.31. The molecule has 4 bridgehead atoms. The van der Waals surface area contributed by atoms with Crippen LogP contribution >= 0.6 is 0 Å². The zero-order chi connectivity index (χ0) is 15.4. The molecule has 1 aliphatic heterocycles. The van der Waals surface area contributed by atoms with Crippen LogP contribution in [0.3, 0.4) is 0 Å². The van der Waals surface area contributed by atoms with Crippen LogP contribution in [0.25, 0.3) is 0 Å². The minimum atomic E-state index is -0.184. The van der Waals surface area contributed by atoms with Gasteiger partial charge in [-0.05, 0) is 68.4 Å². The third-order valence-electron chi connectivity index (χ3n) is 6.99. The van der Waals surface area contributed by atoms with Gasteiger partial charge in [-0.1, -0.05) is 0 Å². The SMILES string of the molecule is Fc1cccnc1N1CCN(C23CC4CC(CC(C4)C2)C3)CC1. The summed E-state index contributed by atoms with van der Waals surface area (Å²) in [5.41, 5.74) is 0.490. The molecular weight excluding hydrogens is 289 g/mol. The first-order chi connectivity index (χ1) is 11.2. The van der Waals surface area contributed by atoms with E-state index in [1.165, 1.54) is 44.6 Å². The fourth-order valence-electron chi connectivity index (χ4n) is 6.45. The molecule has 0 unspecified atom stereocenters. The molecule has 4 heteroatoms. The second-order valence-corrected chi connectivity index (χ2v) is 8.42. The second-order valence-electron chi connectivity index (χ2n) is 8.42. The summed E-state index contributed by atoms with van der Waals surface area (Å²) in [6, 6.07) is 3.19. The molecule has 6 rings (SSSR count). The molecule has 0 radical (unpaired) electrons. The van der Waals surface area contributed by atoms with Crippen molar-refractivity contribution >= 4 is 5.82 Å². The summed E-state index contributed by atoms with van der Waals surface area (Å²) in [4.78, 5) is 9.16. The van der Waals surface area contributed by atoms with Crippen LogP contribution in [0.5, 0.6) is 0 Å². The molecule has 1 aromatic rings. The van der Waals surface area contributed by atoms with E-state index in [0.717, 1.165) is 43.9 Å². The zero-order valence-corrected chi connectivity index (χ0v) is 13.8. The molecule has 2 heterocycles. The van der Waals surface area contributed by atoms with Crippen LogP contribution in [-0.4, -0.2) is 41.6 Å². The molecule has 5 fully saturated rings. The summed E-state index contributed by atoms with van der Waals surface area (Å²) < 4.78 is 14.0. The highest BCUT2D eigenvalue weighted by Crippen LogP contribution is 2.57. The summed E-state index contributed by atoms with van der Waals surface area (Å²) in [6.45, 7) is 3.97. The lowest BCUT2D eigenvalue weighted by molar-refractivity contribution is -0.0902. The van der Waals surface area contributed by atoms with E-state index in [9.17, 15) is 4.39 Å². The van der Waals surface area contributed by atoms with E-state index >= 15 is 0 Å². The molecule has 124 valence electrons. The van der Waals surface area contributed by atoms with Gasteiger partial charge in [-0.15, -0.1) is 0 Å². The van der Waals surface area contributed by atoms with Crippen molar-refractivity contribution in [1.29, 1.82) is 0 Å². The van der Waals surface area contributed by atoms with Crippen molar-refractivity contribution in [2.75, 3.05) is 31.1 Å². The quantitative estimate of drug-likeness (QED) is 0.835. The van der Waals surface area contributed by atoms with Crippen molar-refractivity contribution in [2.45, 2.75) is 44.1 Å². The Morgan fingerprint density at radius 3 is 2.13 bits per heavy atom. The average molecular weight is 315 g/mol. The summed E-state index contributed by atoms with van der Waals surface area (Å²) in [7, 11) is 0. The normalized spacial score (nSPS) is 39.9. The lowest BCUT2D eigenvalue weighted by Crippen LogP contribution is -2.64. The highest BCUT2D eigenvalue weighted by atomic mass is 19.1. The van der Waals surface area contributed by atoms with Gasteiger partial charge in [0.2, 0.25) is 0 Å². The number of hydrogen-bond acceptors (Lipinski definition) is 3. The zero-order valence-electron chi connectivity index (χ0n) is 13.8. The first-order valence-corrected chi connectivity index (χ1v) is 9.32. The predicted molar refractivity (Wildman–Crippen MR) is 88.9 cm³/mol. The minimum absolute atomic E-state index is 0.184. The van der Waals surface area contributed by atoms with Crippen molar-refractivity contribution in [3.8, 4) is 0 Å². The van der Waals surface area contributed by atoms with Crippen LogP contribution in [0, 0.1) is 23.6 Å². The molecule has 1 saturated heterocycles. The number of piperazine rings is 1. The maximum Gasteiger partial charge on any atom is 0.165 e. The van der Waals surface area contributed by atoms with Crippen molar-refractivity contribution in [3.63, 3.8) is 0 Å². The number of pyridine rings is 1. The molecule has 0 aromatic carbocycles. The number of rotatable bonds is 2. The number of nitrogens with zero attached hydrogens (tertiary/aromatic N) is 3. The lowest BCUT2D eigenvalue weighted by Gasteiger charge is -2.61. The smallest absolute Gasteiger partial charge is 0.165 e. The van der Waals surface area contributed by atoms with Gasteiger partial charge in [0, 0.05) is 37.9 Å². The van der Waals surface area contributed by atoms with Gasteiger partial charge < -0.3 is 4.90 Å². The topological polar surface area (TPSA) is 19.4 Å². The Morgan fingerprint density at radius 2 is 1.57 bits per heavy atom. The van der Waals surface area contributed by atoms with Gasteiger partial charge in [-0.2, -0.15) is 0 Å². The molecule has 0 atom stereocenters. The monoisotopic (exact) mass is 315 g/mol. The van der Waals surface area contributed by atoms with Gasteiger partial charge in [0.15, 0.2) is 11.6 Å². The van der Waals surface area contributed by atoms with E-state index in [1.54, 1.807) is 12.3 Å². The first kappa shape index (κ1) is 14.2. The Kier molecular flexibility index (Phi) is 3.19. The van der Waals surface area contributed by atoms with Crippen LogP contribution < -0.4 is 4.90 Å². The van der Waals surface area contributed by atoms with Crippen LogP contribution in [0.4, 0.5) is 10.2 Å². The molecule has 23 heavy (non-hydrogen) atoms. The Labute approximate surface area is 137 Å². The average Bonchev–Trinajstić information content (AvgIpc) is 2.54. The van der Waals surface area contributed by atoms with Gasteiger partial charge in [0.05, 0.1) is 0 Å². The maximum atomic E-state index is 14.0. The number of anilines is 1. The van der Waals surface area contributed by atoms with Crippen molar-refractivity contribution in [3.05, 3.63) is 24.1 Å². The third kappa shape index (κ3) is 2.29. The van der Waals surface area contributed by atoms with Crippen LogP contribution in [0.2, 0.25) is 0 Å². The van der Waals surface area contributed by atoms with Gasteiger partial charge in [0.1, 0.15) is 0 Å². The fraction of sp³-hybridized carbons (Fsp3) is 0.737. The molecule has 0 spiro atoms. The van der Waals surface area contributed by atoms with E-state index in [0.29, 0.717) is 11.4 Å².